The number of aryl methyl sites for hydroxylation is 1. The number of ether oxygens (including phenoxy) is 1. The monoisotopic (exact) mass is 295 g/mol. The molecule has 108 valence electrons. The Hall–Kier alpha value is -1.73. The third-order valence-corrected chi connectivity index (χ3v) is 3.47. The molecule has 0 atom stereocenters. The van der Waals surface area contributed by atoms with Crippen LogP contribution in [-0.4, -0.2) is 36.4 Å². The van der Waals surface area contributed by atoms with Crippen LogP contribution in [0.1, 0.15) is 18.7 Å². The van der Waals surface area contributed by atoms with E-state index in [1.807, 2.05) is 17.5 Å². The number of amides is 1. The lowest BCUT2D eigenvalue weighted by Crippen LogP contribution is -2.25. The van der Waals surface area contributed by atoms with Gasteiger partial charge < -0.3 is 14.5 Å². The van der Waals surface area contributed by atoms with Crippen molar-refractivity contribution < 1.29 is 13.9 Å². The molecule has 1 amide bonds. The van der Waals surface area contributed by atoms with E-state index < -0.39 is 0 Å². The summed E-state index contributed by atoms with van der Waals surface area (Å²) >= 11 is 1.54. The number of carbonyl (C=O) groups excluding carboxylic acids is 1. The van der Waals surface area contributed by atoms with E-state index >= 15 is 0 Å². The Balaban J connectivity index is 1.73. The molecule has 0 radical (unpaired) electrons. The highest BCUT2D eigenvalue weighted by Gasteiger charge is 2.10. The van der Waals surface area contributed by atoms with Gasteiger partial charge in [0.15, 0.2) is 0 Å². The van der Waals surface area contributed by atoms with Gasteiger partial charge in [-0.15, -0.1) is 21.5 Å². The van der Waals surface area contributed by atoms with Crippen molar-refractivity contribution in [3.63, 3.8) is 0 Å². The SMILES string of the molecule is COCCCNC(=O)CCc1nnc(-c2cccs2)o1. The first kappa shape index (κ1) is 14.7. The minimum atomic E-state index is -0.0167. The van der Waals surface area contributed by atoms with Gasteiger partial charge in [0.05, 0.1) is 4.88 Å². The average Bonchev–Trinajstić information content (AvgIpc) is 3.11. The number of thiophene rings is 1. The molecule has 6 nitrogen and oxygen atoms in total. The topological polar surface area (TPSA) is 77.2 Å². The average molecular weight is 295 g/mol. The summed E-state index contributed by atoms with van der Waals surface area (Å²) < 4.78 is 10.4. The predicted octanol–water partition coefficient (Wildman–Crippen LogP) is 1.88. The molecule has 0 aliphatic heterocycles. The van der Waals surface area contributed by atoms with Crippen LogP contribution in [0.25, 0.3) is 10.8 Å². The summed E-state index contributed by atoms with van der Waals surface area (Å²) in [5.41, 5.74) is 0. The Morgan fingerprint density at radius 2 is 2.40 bits per heavy atom. The minimum absolute atomic E-state index is 0.0167. The molecule has 0 bridgehead atoms. The molecule has 2 aromatic rings. The van der Waals surface area contributed by atoms with Gasteiger partial charge in [-0.25, -0.2) is 0 Å². The van der Waals surface area contributed by atoms with E-state index in [-0.39, 0.29) is 5.91 Å². The highest BCUT2D eigenvalue weighted by atomic mass is 32.1. The molecule has 0 aliphatic carbocycles. The molecule has 0 spiro atoms. The van der Waals surface area contributed by atoms with Gasteiger partial charge in [0.25, 0.3) is 5.89 Å². The number of nitrogens with one attached hydrogen (secondary N) is 1. The van der Waals surface area contributed by atoms with E-state index in [0.29, 0.717) is 37.8 Å². The van der Waals surface area contributed by atoms with Crippen LogP contribution in [0.15, 0.2) is 21.9 Å². The lowest BCUT2D eigenvalue weighted by Gasteiger charge is -2.03. The predicted molar refractivity (Wildman–Crippen MR) is 75.4 cm³/mol. The second-order valence-electron chi connectivity index (χ2n) is 4.17. The first-order chi connectivity index (χ1) is 9.79. The first-order valence-corrected chi connectivity index (χ1v) is 7.29. The summed E-state index contributed by atoms with van der Waals surface area (Å²) in [6.45, 7) is 1.27. The van der Waals surface area contributed by atoms with Crippen molar-refractivity contribution in [1.29, 1.82) is 0 Å². The number of carbonyl (C=O) groups is 1. The molecule has 2 heterocycles. The molecule has 20 heavy (non-hydrogen) atoms. The third-order valence-electron chi connectivity index (χ3n) is 2.61. The van der Waals surface area contributed by atoms with Gasteiger partial charge in [-0.3, -0.25) is 4.79 Å². The van der Waals surface area contributed by atoms with Crippen LogP contribution in [0.2, 0.25) is 0 Å². The molecular formula is C13H17N3O3S. The molecule has 0 aliphatic rings. The van der Waals surface area contributed by atoms with Crippen molar-refractivity contribution in [3.05, 3.63) is 23.4 Å². The Bertz CT molecular complexity index is 525. The van der Waals surface area contributed by atoms with Gasteiger partial charge >= 0.3 is 0 Å². The van der Waals surface area contributed by atoms with Gasteiger partial charge in [-0.2, -0.15) is 0 Å². The largest absolute Gasteiger partial charge is 0.420 e. The van der Waals surface area contributed by atoms with Crippen molar-refractivity contribution in [2.24, 2.45) is 0 Å². The van der Waals surface area contributed by atoms with Gasteiger partial charge in [-0.05, 0) is 17.9 Å². The Kier molecular flexibility index (Phi) is 5.69. The molecule has 7 heteroatoms. The fourth-order valence-corrected chi connectivity index (χ4v) is 2.25. The molecule has 0 unspecified atom stereocenters. The lowest BCUT2D eigenvalue weighted by atomic mass is 10.3. The maximum absolute atomic E-state index is 11.6. The number of hydrogen-bond acceptors (Lipinski definition) is 6. The van der Waals surface area contributed by atoms with E-state index in [9.17, 15) is 4.79 Å². The van der Waals surface area contributed by atoms with Crippen molar-refractivity contribution >= 4 is 17.2 Å². The Morgan fingerprint density at radius 3 is 3.15 bits per heavy atom. The maximum atomic E-state index is 11.6. The summed E-state index contributed by atoms with van der Waals surface area (Å²) in [5.74, 6) is 0.980. The van der Waals surface area contributed by atoms with Gasteiger partial charge in [0.1, 0.15) is 0 Å². The number of nitrogens with zero attached hydrogens (tertiary/aromatic N) is 2. The second-order valence-corrected chi connectivity index (χ2v) is 5.12. The summed E-state index contributed by atoms with van der Waals surface area (Å²) in [5, 5.41) is 12.7. The van der Waals surface area contributed by atoms with Crippen molar-refractivity contribution in [2.75, 3.05) is 20.3 Å². The van der Waals surface area contributed by atoms with Crippen LogP contribution in [0.4, 0.5) is 0 Å². The quantitative estimate of drug-likeness (QED) is 0.752. The number of aromatic nitrogens is 2. The van der Waals surface area contributed by atoms with Crippen LogP contribution in [0.5, 0.6) is 0 Å². The van der Waals surface area contributed by atoms with Crippen LogP contribution in [-0.2, 0) is 16.0 Å². The van der Waals surface area contributed by atoms with Crippen molar-refractivity contribution in [3.8, 4) is 10.8 Å². The molecular weight excluding hydrogens is 278 g/mol. The van der Waals surface area contributed by atoms with Crippen LogP contribution in [0, 0.1) is 0 Å². The highest BCUT2D eigenvalue weighted by Crippen LogP contribution is 2.23. The van der Waals surface area contributed by atoms with Crippen molar-refractivity contribution in [1.82, 2.24) is 15.5 Å². The van der Waals surface area contributed by atoms with E-state index in [1.165, 1.54) is 0 Å². The third kappa shape index (κ3) is 4.43. The molecule has 0 saturated carbocycles. The second kappa shape index (κ2) is 7.76. The van der Waals surface area contributed by atoms with Crippen LogP contribution in [0.3, 0.4) is 0 Å². The summed E-state index contributed by atoms with van der Waals surface area (Å²) in [6.07, 6.45) is 1.61. The van der Waals surface area contributed by atoms with Gasteiger partial charge in [0.2, 0.25) is 11.8 Å². The fourth-order valence-electron chi connectivity index (χ4n) is 1.61. The smallest absolute Gasteiger partial charge is 0.257 e. The molecule has 1 N–H and O–H groups in total. The number of methoxy groups -OCH3 is 1. The minimum Gasteiger partial charge on any atom is -0.420 e. The number of rotatable bonds is 8. The zero-order valence-electron chi connectivity index (χ0n) is 11.3. The lowest BCUT2D eigenvalue weighted by molar-refractivity contribution is -0.121. The standard InChI is InChI=1S/C13H17N3O3S/c1-18-8-3-7-14-11(17)5-6-12-15-16-13(19-12)10-4-2-9-20-10/h2,4,9H,3,5-8H2,1H3,(H,14,17). The highest BCUT2D eigenvalue weighted by molar-refractivity contribution is 7.13. The molecule has 0 fully saturated rings. The maximum Gasteiger partial charge on any atom is 0.257 e. The first-order valence-electron chi connectivity index (χ1n) is 6.41. The van der Waals surface area contributed by atoms with E-state index in [2.05, 4.69) is 15.5 Å². The molecule has 2 rings (SSSR count). The Morgan fingerprint density at radius 1 is 1.50 bits per heavy atom. The summed E-state index contributed by atoms with van der Waals surface area (Å²) in [4.78, 5) is 12.5. The van der Waals surface area contributed by atoms with E-state index in [0.717, 1.165) is 11.3 Å². The molecule has 0 saturated heterocycles. The van der Waals surface area contributed by atoms with Crippen molar-refractivity contribution in [2.45, 2.75) is 19.3 Å². The summed E-state index contributed by atoms with van der Waals surface area (Å²) in [7, 11) is 1.64. The van der Waals surface area contributed by atoms with Crippen LogP contribution >= 0.6 is 11.3 Å². The van der Waals surface area contributed by atoms with E-state index in [1.54, 1.807) is 18.4 Å². The zero-order chi connectivity index (χ0) is 14.2. The molecule has 2 aromatic heterocycles. The fraction of sp³-hybridized carbons (Fsp3) is 0.462. The van der Waals surface area contributed by atoms with Gasteiger partial charge in [-0.1, -0.05) is 6.07 Å². The molecule has 0 aromatic carbocycles. The Labute approximate surface area is 121 Å². The van der Waals surface area contributed by atoms with Crippen LogP contribution < -0.4 is 5.32 Å². The zero-order valence-corrected chi connectivity index (χ0v) is 12.1. The summed E-state index contributed by atoms with van der Waals surface area (Å²) in [6, 6.07) is 3.85. The normalized spacial score (nSPS) is 10.7. The van der Waals surface area contributed by atoms with E-state index in [4.69, 9.17) is 9.15 Å². The van der Waals surface area contributed by atoms with Gasteiger partial charge in [0, 0.05) is 33.1 Å². The number of hydrogen-bond donors (Lipinski definition) is 1.